The van der Waals surface area contributed by atoms with Crippen molar-refractivity contribution >= 4 is 0 Å². The lowest BCUT2D eigenvalue weighted by atomic mass is 9.77. The van der Waals surface area contributed by atoms with E-state index in [2.05, 4.69) is 31.4 Å². The molecular weight excluding hydrogens is 224 g/mol. The molecule has 0 amide bonds. The minimum Gasteiger partial charge on any atom is -0.378 e. The maximum Gasteiger partial charge on any atom is 0.0613 e. The predicted molar refractivity (Wildman–Crippen MR) is 75.8 cm³/mol. The van der Waals surface area contributed by atoms with Crippen molar-refractivity contribution in [1.82, 2.24) is 10.6 Å². The molecule has 2 rings (SSSR count). The van der Waals surface area contributed by atoms with Crippen LogP contribution in [-0.2, 0) is 4.74 Å². The van der Waals surface area contributed by atoms with Gasteiger partial charge in [0.2, 0.25) is 0 Å². The molecule has 3 heteroatoms. The van der Waals surface area contributed by atoms with Gasteiger partial charge in [0.05, 0.1) is 6.10 Å². The average Bonchev–Trinajstić information content (AvgIpc) is 2.78. The van der Waals surface area contributed by atoms with Crippen molar-refractivity contribution in [2.75, 3.05) is 26.2 Å². The quantitative estimate of drug-likeness (QED) is 0.789. The van der Waals surface area contributed by atoms with E-state index < -0.39 is 0 Å². The summed E-state index contributed by atoms with van der Waals surface area (Å²) in [6, 6.07) is 0.619. The highest BCUT2D eigenvalue weighted by Crippen LogP contribution is 2.29. The third-order valence-electron chi connectivity index (χ3n) is 4.84. The second-order valence-electron chi connectivity index (χ2n) is 6.62. The Balaban J connectivity index is 1.71. The molecule has 2 heterocycles. The third-order valence-corrected chi connectivity index (χ3v) is 4.84. The van der Waals surface area contributed by atoms with Crippen molar-refractivity contribution in [3.8, 4) is 0 Å². The van der Waals surface area contributed by atoms with E-state index in [1.54, 1.807) is 0 Å². The molecule has 3 unspecified atom stereocenters. The van der Waals surface area contributed by atoms with Gasteiger partial charge in [-0.2, -0.15) is 0 Å². The summed E-state index contributed by atoms with van der Waals surface area (Å²) in [5.41, 5.74) is 0.432. The fourth-order valence-electron chi connectivity index (χ4n) is 3.41. The van der Waals surface area contributed by atoms with Crippen molar-refractivity contribution in [1.29, 1.82) is 0 Å². The van der Waals surface area contributed by atoms with Crippen LogP contribution in [0.25, 0.3) is 0 Å². The molecule has 0 aliphatic carbocycles. The molecule has 2 saturated heterocycles. The van der Waals surface area contributed by atoms with Crippen LogP contribution in [0.4, 0.5) is 0 Å². The normalized spacial score (nSPS) is 35.8. The Morgan fingerprint density at radius 1 is 1.33 bits per heavy atom. The van der Waals surface area contributed by atoms with E-state index in [0.717, 1.165) is 32.0 Å². The lowest BCUT2D eigenvalue weighted by molar-refractivity contribution is 0.0863. The number of ether oxygens (including phenoxy) is 1. The summed E-state index contributed by atoms with van der Waals surface area (Å²) < 4.78 is 5.74. The lowest BCUT2D eigenvalue weighted by Crippen LogP contribution is -2.52. The van der Waals surface area contributed by atoms with Crippen LogP contribution in [0.15, 0.2) is 0 Å². The van der Waals surface area contributed by atoms with Gasteiger partial charge in [0.25, 0.3) is 0 Å². The molecule has 3 atom stereocenters. The summed E-state index contributed by atoms with van der Waals surface area (Å²) >= 11 is 0. The Kier molecular flexibility index (Phi) is 5.05. The van der Waals surface area contributed by atoms with E-state index in [0.29, 0.717) is 17.6 Å². The zero-order valence-corrected chi connectivity index (χ0v) is 12.3. The molecule has 0 aromatic rings. The second-order valence-corrected chi connectivity index (χ2v) is 6.62. The van der Waals surface area contributed by atoms with Crippen LogP contribution in [0.1, 0.15) is 46.5 Å². The highest BCUT2D eigenvalue weighted by Gasteiger charge is 2.32. The Hall–Kier alpha value is -0.120. The van der Waals surface area contributed by atoms with Crippen LogP contribution >= 0.6 is 0 Å². The largest absolute Gasteiger partial charge is 0.378 e. The summed E-state index contributed by atoms with van der Waals surface area (Å²) in [5, 5.41) is 7.34. The molecule has 0 saturated carbocycles. The van der Waals surface area contributed by atoms with Crippen molar-refractivity contribution < 1.29 is 4.74 Å². The topological polar surface area (TPSA) is 33.3 Å². The van der Waals surface area contributed by atoms with Gasteiger partial charge >= 0.3 is 0 Å². The molecule has 0 spiro atoms. The van der Waals surface area contributed by atoms with Gasteiger partial charge in [-0.05, 0) is 43.6 Å². The van der Waals surface area contributed by atoms with Gasteiger partial charge in [0.15, 0.2) is 0 Å². The molecule has 18 heavy (non-hydrogen) atoms. The highest BCUT2D eigenvalue weighted by molar-refractivity contribution is 4.90. The number of hydrogen-bond acceptors (Lipinski definition) is 3. The molecule has 2 aliphatic heterocycles. The van der Waals surface area contributed by atoms with Gasteiger partial charge in [-0.25, -0.2) is 0 Å². The number of hydrogen-bond donors (Lipinski definition) is 2. The molecule has 0 aromatic heterocycles. The van der Waals surface area contributed by atoms with Crippen LogP contribution in [0.5, 0.6) is 0 Å². The van der Waals surface area contributed by atoms with Crippen LogP contribution in [0.3, 0.4) is 0 Å². The summed E-state index contributed by atoms with van der Waals surface area (Å²) in [6.45, 7) is 11.4. The Morgan fingerprint density at radius 2 is 2.17 bits per heavy atom. The summed E-state index contributed by atoms with van der Waals surface area (Å²) in [7, 11) is 0. The first kappa shape index (κ1) is 14.3. The standard InChI is InChI=1S/C15H30N2O/c1-4-13-12(6-9-18-13)10-16-11-14-15(2,3)7-5-8-17-14/h12-14,16-17H,4-11H2,1-3H3. The maximum absolute atomic E-state index is 5.74. The van der Waals surface area contributed by atoms with E-state index in [1.807, 2.05) is 0 Å². The van der Waals surface area contributed by atoms with E-state index >= 15 is 0 Å². The van der Waals surface area contributed by atoms with Gasteiger partial charge in [0.1, 0.15) is 0 Å². The van der Waals surface area contributed by atoms with E-state index in [-0.39, 0.29) is 0 Å². The second kappa shape index (κ2) is 6.36. The maximum atomic E-state index is 5.74. The smallest absolute Gasteiger partial charge is 0.0613 e. The van der Waals surface area contributed by atoms with Gasteiger partial charge in [0, 0.05) is 25.7 Å². The van der Waals surface area contributed by atoms with Crippen molar-refractivity contribution in [3.63, 3.8) is 0 Å². The van der Waals surface area contributed by atoms with Crippen molar-refractivity contribution in [2.45, 2.75) is 58.6 Å². The van der Waals surface area contributed by atoms with E-state index in [4.69, 9.17) is 4.74 Å². The number of rotatable bonds is 5. The molecule has 0 radical (unpaired) electrons. The lowest BCUT2D eigenvalue weighted by Gasteiger charge is -2.39. The molecule has 0 bridgehead atoms. The summed E-state index contributed by atoms with van der Waals surface area (Å²) in [5.74, 6) is 0.724. The molecule has 2 N–H and O–H groups in total. The third kappa shape index (κ3) is 3.46. The monoisotopic (exact) mass is 254 g/mol. The molecule has 0 aromatic carbocycles. The van der Waals surface area contributed by atoms with Crippen molar-refractivity contribution in [2.24, 2.45) is 11.3 Å². The minimum absolute atomic E-state index is 0.432. The van der Waals surface area contributed by atoms with Gasteiger partial charge < -0.3 is 15.4 Å². The Bertz CT molecular complexity index is 255. The van der Waals surface area contributed by atoms with Crippen molar-refractivity contribution in [3.05, 3.63) is 0 Å². The molecular formula is C15H30N2O. The molecule has 2 fully saturated rings. The Morgan fingerprint density at radius 3 is 2.89 bits per heavy atom. The van der Waals surface area contributed by atoms with E-state index in [1.165, 1.54) is 25.8 Å². The SMILES string of the molecule is CCC1OCCC1CNCC1NCCCC1(C)C. The first-order valence-corrected chi connectivity index (χ1v) is 7.69. The zero-order chi connectivity index (χ0) is 13.0. The molecule has 2 aliphatic rings. The molecule has 106 valence electrons. The van der Waals surface area contributed by atoms with Gasteiger partial charge in [-0.1, -0.05) is 20.8 Å². The van der Waals surface area contributed by atoms with Gasteiger partial charge in [-0.15, -0.1) is 0 Å². The number of piperidine rings is 1. The fourth-order valence-corrected chi connectivity index (χ4v) is 3.41. The zero-order valence-electron chi connectivity index (χ0n) is 12.3. The minimum atomic E-state index is 0.432. The fraction of sp³-hybridized carbons (Fsp3) is 1.00. The van der Waals surface area contributed by atoms with Gasteiger partial charge in [-0.3, -0.25) is 0 Å². The van der Waals surface area contributed by atoms with Crippen LogP contribution < -0.4 is 10.6 Å². The summed E-state index contributed by atoms with van der Waals surface area (Å²) in [6.07, 6.45) is 5.53. The Labute approximate surface area is 112 Å². The predicted octanol–water partition coefficient (Wildman–Crippen LogP) is 2.17. The van der Waals surface area contributed by atoms with Crippen LogP contribution in [0, 0.1) is 11.3 Å². The number of nitrogens with one attached hydrogen (secondary N) is 2. The molecule has 3 nitrogen and oxygen atoms in total. The average molecular weight is 254 g/mol. The van der Waals surface area contributed by atoms with E-state index in [9.17, 15) is 0 Å². The van der Waals surface area contributed by atoms with Crippen LogP contribution in [0.2, 0.25) is 0 Å². The summed E-state index contributed by atoms with van der Waals surface area (Å²) in [4.78, 5) is 0. The first-order valence-electron chi connectivity index (χ1n) is 7.69. The highest BCUT2D eigenvalue weighted by atomic mass is 16.5. The first-order chi connectivity index (χ1) is 8.63. The van der Waals surface area contributed by atoms with Crippen LogP contribution in [-0.4, -0.2) is 38.4 Å².